The fourth-order valence-corrected chi connectivity index (χ4v) is 2.00. The molecule has 1 nitrogen and oxygen atoms in total. The van der Waals surface area contributed by atoms with E-state index in [-0.39, 0.29) is 0 Å². The van der Waals surface area contributed by atoms with Crippen molar-refractivity contribution in [2.45, 2.75) is 26.2 Å². The van der Waals surface area contributed by atoms with Crippen molar-refractivity contribution in [1.82, 2.24) is 0 Å². The topological polar surface area (TPSA) is 23.8 Å². The summed E-state index contributed by atoms with van der Waals surface area (Å²) in [7, 11) is 0. The van der Waals surface area contributed by atoms with Crippen molar-refractivity contribution in [2.24, 2.45) is 0 Å². The van der Waals surface area contributed by atoms with Gasteiger partial charge < -0.3 is 0 Å². The second-order valence-electron chi connectivity index (χ2n) is 4.89. The van der Waals surface area contributed by atoms with Gasteiger partial charge in [0, 0.05) is 0 Å². The summed E-state index contributed by atoms with van der Waals surface area (Å²) >= 11 is 0. The third-order valence-electron chi connectivity index (χ3n) is 3.11. The van der Waals surface area contributed by atoms with Gasteiger partial charge in [0.1, 0.15) is 0 Å². The molecule has 0 amide bonds. The predicted molar refractivity (Wildman–Crippen MR) is 74.5 cm³/mol. The van der Waals surface area contributed by atoms with Gasteiger partial charge >= 0.3 is 0 Å². The predicted octanol–water partition coefficient (Wildman–Crippen LogP) is 4.27. The van der Waals surface area contributed by atoms with E-state index in [2.05, 4.69) is 44.2 Å². The van der Waals surface area contributed by atoms with Crippen LogP contribution in [-0.2, 0) is 6.42 Å². The Kier molecular flexibility index (Phi) is 3.79. The Morgan fingerprint density at radius 1 is 1.00 bits per heavy atom. The van der Waals surface area contributed by atoms with E-state index in [1.165, 1.54) is 16.7 Å². The van der Waals surface area contributed by atoms with Crippen molar-refractivity contribution < 1.29 is 0 Å². The number of rotatable bonds is 3. The molecule has 2 aromatic carbocycles. The highest BCUT2D eigenvalue weighted by molar-refractivity contribution is 5.35. The molecule has 0 bridgehead atoms. The minimum absolute atomic E-state index is 0.561. The van der Waals surface area contributed by atoms with E-state index in [1.807, 2.05) is 24.3 Å². The van der Waals surface area contributed by atoms with Crippen LogP contribution < -0.4 is 0 Å². The van der Waals surface area contributed by atoms with Crippen LogP contribution in [-0.4, -0.2) is 0 Å². The van der Waals surface area contributed by atoms with Gasteiger partial charge in [0.2, 0.25) is 0 Å². The normalized spacial score (nSPS) is 10.3. The van der Waals surface area contributed by atoms with Gasteiger partial charge in [-0.1, -0.05) is 50.2 Å². The lowest BCUT2D eigenvalue weighted by molar-refractivity contribution is 0.863. The molecule has 0 saturated heterocycles. The van der Waals surface area contributed by atoms with Crippen LogP contribution in [0, 0.1) is 11.3 Å². The summed E-state index contributed by atoms with van der Waals surface area (Å²) in [6.45, 7) is 4.42. The van der Waals surface area contributed by atoms with Gasteiger partial charge in [-0.25, -0.2) is 0 Å². The largest absolute Gasteiger partial charge is 0.192 e. The molecule has 0 radical (unpaired) electrons. The van der Waals surface area contributed by atoms with E-state index in [4.69, 9.17) is 5.26 Å². The van der Waals surface area contributed by atoms with Gasteiger partial charge in [-0.15, -0.1) is 0 Å². The Labute approximate surface area is 109 Å². The molecule has 0 heterocycles. The average Bonchev–Trinajstić information content (AvgIpc) is 2.40. The third-order valence-corrected chi connectivity index (χ3v) is 3.11. The maximum atomic E-state index is 8.77. The highest BCUT2D eigenvalue weighted by Crippen LogP contribution is 2.18. The number of benzene rings is 2. The molecule has 90 valence electrons. The minimum atomic E-state index is 0.561. The summed E-state index contributed by atoms with van der Waals surface area (Å²) in [6, 6.07) is 18.7. The van der Waals surface area contributed by atoms with Gasteiger partial charge in [0.05, 0.1) is 11.6 Å². The first-order valence-electron chi connectivity index (χ1n) is 6.27. The highest BCUT2D eigenvalue weighted by atomic mass is 14.2. The second-order valence-corrected chi connectivity index (χ2v) is 4.89. The monoisotopic (exact) mass is 235 g/mol. The lowest BCUT2D eigenvalue weighted by atomic mass is 9.97. The van der Waals surface area contributed by atoms with E-state index in [0.29, 0.717) is 5.92 Å². The van der Waals surface area contributed by atoms with E-state index >= 15 is 0 Å². The molecular weight excluding hydrogens is 218 g/mol. The van der Waals surface area contributed by atoms with E-state index in [9.17, 15) is 0 Å². The summed E-state index contributed by atoms with van der Waals surface area (Å²) in [5.41, 5.74) is 4.66. The standard InChI is InChI=1S/C17H17N/c1-13(2)17-5-3-4-16(11-17)10-14-6-8-15(12-18)9-7-14/h3-9,11,13H,10H2,1-2H3. The van der Waals surface area contributed by atoms with Crippen LogP contribution in [0.3, 0.4) is 0 Å². The Morgan fingerprint density at radius 2 is 1.72 bits per heavy atom. The van der Waals surface area contributed by atoms with Gasteiger partial charge in [0.15, 0.2) is 0 Å². The smallest absolute Gasteiger partial charge is 0.0991 e. The number of nitriles is 1. The van der Waals surface area contributed by atoms with E-state index in [0.717, 1.165) is 12.0 Å². The Bertz CT molecular complexity index is 559. The molecule has 0 N–H and O–H groups in total. The van der Waals surface area contributed by atoms with Crippen molar-refractivity contribution in [3.05, 3.63) is 70.8 Å². The molecule has 2 rings (SSSR count). The number of nitrogens with zero attached hydrogens (tertiary/aromatic N) is 1. The van der Waals surface area contributed by atoms with E-state index < -0.39 is 0 Å². The quantitative estimate of drug-likeness (QED) is 0.779. The number of hydrogen-bond donors (Lipinski definition) is 0. The first-order chi connectivity index (χ1) is 8.69. The summed E-state index contributed by atoms with van der Waals surface area (Å²) in [4.78, 5) is 0. The molecule has 18 heavy (non-hydrogen) atoms. The molecule has 0 spiro atoms. The molecule has 0 fully saturated rings. The summed E-state index contributed by atoms with van der Waals surface area (Å²) in [5, 5.41) is 8.77. The molecule has 0 aliphatic heterocycles. The van der Waals surface area contributed by atoms with Gasteiger partial charge in [0.25, 0.3) is 0 Å². The van der Waals surface area contributed by atoms with Crippen molar-refractivity contribution in [2.75, 3.05) is 0 Å². The molecule has 1 heteroatoms. The maximum Gasteiger partial charge on any atom is 0.0991 e. The second kappa shape index (κ2) is 5.51. The fraction of sp³-hybridized carbons (Fsp3) is 0.235. The lowest BCUT2D eigenvalue weighted by Gasteiger charge is -2.08. The Hall–Kier alpha value is -2.07. The zero-order valence-corrected chi connectivity index (χ0v) is 10.9. The van der Waals surface area contributed by atoms with Crippen LogP contribution >= 0.6 is 0 Å². The zero-order valence-electron chi connectivity index (χ0n) is 10.9. The van der Waals surface area contributed by atoms with Crippen molar-refractivity contribution in [3.8, 4) is 6.07 Å². The van der Waals surface area contributed by atoms with Crippen molar-refractivity contribution in [1.29, 1.82) is 5.26 Å². The van der Waals surface area contributed by atoms with E-state index in [1.54, 1.807) is 0 Å². The highest BCUT2D eigenvalue weighted by Gasteiger charge is 2.01. The van der Waals surface area contributed by atoms with Crippen LogP contribution in [0.5, 0.6) is 0 Å². The van der Waals surface area contributed by atoms with Gasteiger partial charge in [-0.05, 0) is 41.2 Å². The van der Waals surface area contributed by atoms with Crippen LogP contribution in [0.1, 0.15) is 42.0 Å². The molecule has 0 atom stereocenters. The average molecular weight is 235 g/mol. The maximum absolute atomic E-state index is 8.77. The fourth-order valence-electron chi connectivity index (χ4n) is 2.00. The molecule has 0 aliphatic carbocycles. The lowest BCUT2D eigenvalue weighted by Crippen LogP contribution is -1.92. The summed E-state index contributed by atoms with van der Waals surface area (Å²) in [6.07, 6.45) is 0.923. The molecule has 0 unspecified atom stereocenters. The van der Waals surface area contributed by atoms with Crippen LogP contribution in [0.4, 0.5) is 0 Å². The van der Waals surface area contributed by atoms with Crippen molar-refractivity contribution >= 4 is 0 Å². The van der Waals surface area contributed by atoms with Crippen LogP contribution in [0.25, 0.3) is 0 Å². The Morgan fingerprint density at radius 3 is 2.33 bits per heavy atom. The molecule has 2 aromatic rings. The van der Waals surface area contributed by atoms with Gasteiger partial charge in [-0.3, -0.25) is 0 Å². The summed E-state index contributed by atoms with van der Waals surface area (Å²) < 4.78 is 0. The first kappa shape index (κ1) is 12.4. The Balaban J connectivity index is 2.18. The molecule has 0 aliphatic rings. The molecule has 0 aromatic heterocycles. The molecular formula is C17H17N. The first-order valence-corrected chi connectivity index (χ1v) is 6.27. The SMILES string of the molecule is CC(C)c1cccc(Cc2ccc(C#N)cc2)c1. The van der Waals surface area contributed by atoms with Crippen LogP contribution in [0.15, 0.2) is 48.5 Å². The summed E-state index contributed by atoms with van der Waals surface area (Å²) in [5.74, 6) is 0.561. The number of hydrogen-bond acceptors (Lipinski definition) is 1. The molecule has 0 saturated carbocycles. The third kappa shape index (κ3) is 2.99. The van der Waals surface area contributed by atoms with Crippen molar-refractivity contribution in [3.63, 3.8) is 0 Å². The zero-order chi connectivity index (χ0) is 13.0. The van der Waals surface area contributed by atoms with Crippen LogP contribution in [0.2, 0.25) is 0 Å². The minimum Gasteiger partial charge on any atom is -0.192 e. The van der Waals surface area contributed by atoms with Gasteiger partial charge in [-0.2, -0.15) is 5.26 Å².